The number of aliphatic hydroxyl groups is 1. The van der Waals surface area contributed by atoms with Crippen molar-refractivity contribution >= 4 is 29.1 Å². The summed E-state index contributed by atoms with van der Waals surface area (Å²) >= 11 is 5.97. The first-order chi connectivity index (χ1) is 15.0. The molecule has 2 aromatic carbocycles. The standard InChI is InChI=1S/C24H25ClN2O4/c1-31-19-6-4-5-17(15-19)21-20(22(28)16-7-9-18(25)10-8-16)23(29)24(30)27(21)14-13-26-11-2-3-12-26/h4-10,15,21,28H,2-3,11-14H2,1H3/b22-20+. The number of halogens is 1. The Bertz CT molecular complexity index is 1010. The first kappa shape index (κ1) is 21.4. The Morgan fingerprint density at radius 2 is 1.81 bits per heavy atom. The molecular formula is C24H25ClN2O4. The Labute approximate surface area is 186 Å². The average Bonchev–Trinajstić information content (AvgIpc) is 3.39. The molecule has 2 aromatic rings. The van der Waals surface area contributed by atoms with Gasteiger partial charge in [0.05, 0.1) is 18.7 Å². The summed E-state index contributed by atoms with van der Waals surface area (Å²) in [5.41, 5.74) is 1.24. The lowest BCUT2D eigenvalue weighted by molar-refractivity contribution is -0.140. The van der Waals surface area contributed by atoms with Gasteiger partial charge in [-0.1, -0.05) is 23.7 Å². The lowest BCUT2D eigenvalue weighted by Gasteiger charge is -2.27. The molecule has 0 aliphatic carbocycles. The largest absolute Gasteiger partial charge is 0.507 e. The number of likely N-dealkylation sites (tertiary alicyclic amines) is 2. The highest BCUT2D eigenvalue weighted by Crippen LogP contribution is 2.40. The van der Waals surface area contributed by atoms with Crippen LogP contribution in [0.4, 0.5) is 0 Å². The summed E-state index contributed by atoms with van der Waals surface area (Å²) < 4.78 is 5.35. The van der Waals surface area contributed by atoms with E-state index in [-0.39, 0.29) is 11.3 Å². The van der Waals surface area contributed by atoms with Gasteiger partial charge in [-0.3, -0.25) is 9.59 Å². The van der Waals surface area contributed by atoms with Gasteiger partial charge < -0.3 is 19.6 Å². The van der Waals surface area contributed by atoms with Crippen molar-refractivity contribution in [3.63, 3.8) is 0 Å². The van der Waals surface area contributed by atoms with Crippen LogP contribution in [0, 0.1) is 0 Å². The fourth-order valence-electron chi connectivity index (χ4n) is 4.29. The number of Topliss-reactive ketones (excluding diaryl/α,β-unsaturated/α-hetero) is 1. The van der Waals surface area contributed by atoms with Gasteiger partial charge in [-0.15, -0.1) is 0 Å². The minimum atomic E-state index is -0.687. The minimum absolute atomic E-state index is 0.0852. The molecule has 2 aliphatic rings. The normalized spacial score (nSPS) is 21.1. The lowest BCUT2D eigenvalue weighted by atomic mass is 9.95. The predicted octanol–water partition coefficient (Wildman–Crippen LogP) is 3.87. The van der Waals surface area contributed by atoms with E-state index in [1.54, 1.807) is 48.4 Å². The monoisotopic (exact) mass is 440 g/mol. The quantitative estimate of drug-likeness (QED) is 0.419. The second-order valence-corrected chi connectivity index (χ2v) is 8.26. The van der Waals surface area contributed by atoms with E-state index in [1.807, 2.05) is 12.1 Å². The molecule has 0 radical (unpaired) electrons. The summed E-state index contributed by atoms with van der Waals surface area (Å²) in [6.07, 6.45) is 2.30. The van der Waals surface area contributed by atoms with Crippen LogP contribution in [0.25, 0.3) is 5.76 Å². The SMILES string of the molecule is COc1cccc(C2/C(=C(\O)c3ccc(Cl)cc3)C(=O)C(=O)N2CCN2CCCC2)c1. The Balaban J connectivity index is 1.77. The summed E-state index contributed by atoms with van der Waals surface area (Å²) in [6.45, 7) is 3.09. The topological polar surface area (TPSA) is 70.1 Å². The first-order valence-electron chi connectivity index (χ1n) is 10.4. The summed E-state index contributed by atoms with van der Waals surface area (Å²) in [7, 11) is 1.57. The second kappa shape index (κ2) is 9.12. The van der Waals surface area contributed by atoms with Crippen molar-refractivity contribution in [3.05, 3.63) is 70.3 Å². The highest BCUT2D eigenvalue weighted by molar-refractivity contribution is 6.46. The molecule has 4 rings (SSSR count). The van der Waals surface area contributed by atoms with Crippen LogP contribution in [0.2, 0.25) is 5.02 Å². The molecular weight excluding hydrogens is 416 g/mol. The molecule has 2 saturated heterocycles. The van der Waals surface area contributed by atoms with Crippen LogP contribution in [-0.4, -0.2) is 59.9 Å². The van der Waals surface area contributed by atoms with E-state index in [9.17, 15) is 14.7 Å². The molecule has 1 amide bonds. The van der Waals surface area contributed by atoms with Crippen LogP contribution < -0.4 is 4.74 Å². The Morgan fingerprint density at radius 1 is 1.10 bits per heavy atom. The van der Waals surface area contributed by atoms with Crippen molar-refractivity contribution < 1.29 is 19.4 Å². The average molecular weight is 441 g/mol. The molecule has 2 aliphatic heterocycles. The number of carbonyl (C=O) groups excluding carboxylic acids is 2. The highest BCUT2D eigenvalue weighted by Gasteiger charge is 2.46. The number of ether oxygens (including phenoxy) is 1. The van der Waals surface area contributed by atoms with E-state index >= 15 is 0 Å². The molecule has 1 unspecified atom stereocenters. The molecule has 0 saturated carbocycles. The highest BCUT2D eigenvalue weighted by atomic mass is 35.5. The summed E-state index contributed by atoms with van der Waals surface area (Å²) in [5.74, 6) is -0.857. The van der Waals surface area contributed by atoms with Crippen molar-refractivity contribution in [2.75, 3.05) is 33.3 Å². The number of methoxy groups -OCH3 is 1. The van der Waals surface area contributed by atoms with Gasteiger partial charge in [-0.25, -0.2) is 0 Å². The maximum Gasteiger partial charge on any atom is 0.295 e. The van der Waals surface area contributed by atoms with E-state index in [4.69, 9.17) is 16.3 Å². The maximum absolute atomic E-state index is 13.1. The number of benzene rings is 2. The molecule has 1 N–H and O–H groups in total. The van der Waals surface area contributed by atoms with Gasteiger partial charge in [0.2, 0.25) is 0 Å². The lowest BCUT2D eigenvalue weighted by Crippen LogP contribution is -2.37. The van der Waals surface area contributed by atoms with Crippen LogP contribution >= 0.6 is 11.6 Å². The van der Waals surface area contributed by atoms with Crippen LogP contribution in [0.1, 0.15) is 30.0 Å². The fraction of sp³-hybridized carbons (Fsp3) is 0.333. The number of aliphatic hydroxyl groups excluding tert-OH is 1. The van der Waals surface area contributed by atoms with Gasteiger partial charge in [-0.2, -0.15) is 0 Å². The molecule has 2 fully saturated rings. The predicted molar refractivity (Wildman–Crippen MR) is 119 cm³/mol. The van der Waals surface area contributed by atoms with Crippen molar-refractivity contribution in [2.24, 2.45) is 0 Å². The summed E-state index contributed by atoms with van der Waals surface area (Å²) in [6, 6.07) is 13.1. The minimum Gasteiger partial charge on any atom is -0.507 e. The summed E-state index contributed by atoms with van der Waals surface area (Å²) in [4.78, 5) is 29.9. The summed E-state index contributed by atoms with van der Waals surface area (Å²) in [5, 5.41) is 11.6. The third kappa shape index (κ3) is 4.31. The van der Waals surface area contributed by atoms with Crippen LogP contribution in [0.3, 0.4) is 0 Å². The number of rotatable bonds is 6. The molecule has 0 aromatic heterocycles. The van der Waals surface area contributed by atoms with E-state index < -0.39 is 17.7 Å². The van der Waals surface area contributed by atoms with Crippen LogP contribution in [0.15, 0.2) is 54.1 Å². The number of amides is 1. The second-order valence-electron chi connectivity index (χ2n) is 7.82. The number of carbonyl (C=O) groups is 2. The Hall–Kier alpha value is -2.83. The maximum atomic E-state index is 13.1. The molecule has 7 heteroatoms. The Morgan fingerprint density at radius 3 is 2.48 bits per heavy atom. The third-order valence-electron chi connectivity index (χ3n) is 5.92. The molecule has 1 atom stereocenters. The van der Waals surface area contributed by atoms with Crippen molar-refractivity contribution in [3.8, 4) is 5.75 Å². The first-order valence-corrected chi connectivity index (χ1v) is 10.8. The van der Waals surface area contributed by atoms with Crippen LogP contribution in [-0.2, 0) is 9.59 Å². The zero-order valence-electron chi connectivity index (χ0n) is 17.4. The van der Waals surface area contributed by atoms with Gasteiger partial charge >= 0.3 is 0 Å². The Kier molecular flexibility index (Phi) is 6.30. The van der Waals surface area contributed by atoms with E-state index in [1.165, 1.54) is 0 Å². The fourth-order valence-corrected chi connectivity index (χ4v) is 4.41. The zero-order valence-corrected chi connectivity index (χ0v) is 18.1. The molecule has 6 nitrogen and oxygen atoms in total. The van der Waals surface area contributed by atoms with Gasteiger partial charge in [-0.05, 0) is 67.9 Å². The van der Waals surface area contributed by atoms with Crippen LogP contribution in [0.5, 0.6) is 5.75 Å². The van der Waals surface area contributed by atoms with Gasteiger partial charge in [0.25, 0.3) is 11.7 Å². The van der Waals surface area contributed by atoms with E-state index in [0.717, 1.165) is 31.5 Å². The van der Waals surface area contributed by atoms with Gasteiger partial charge in [0, 0.05) is 23.7 Å². The molecule has 0 bridgehead atoms. The van der Waals surface area contributed by atoms with Gasteiger partial charge in [0.15, 0.2) is 0 Å². The van der Waals surface area contributed by atoms with E-state index in [2.05, 4.69) is 4.90 Å². The van der Waals surface area contributed by atoms with Crippen molar-refractivity contribution in [1.82, 2.24) is 9.80 Å². The van der Waals surface area contributed by atoms with Crippen molar-refractivity contribution in [2.45, 2.75) is 18.9 Å². The number of hydrogen-bond donors (Lipinski definition) is 1. The molecule has 162 valence electrons. The molecule has 0 spiro atoms. The molecule has 2 heterocycles. The number of hydrogen-bond acceptors (Lipinski definition) is 5. The molecule has 31 heavy (non-hydrogen) atoms. The number of ketones is 1. The van der Waals surface area contributed by atoms with Crippen molar-refractivity contribution in [1.29, 1.82) is 0 Å². The smallest absolute Gasteiger partial charge is 0.295 e. The van der Waals surface area contributed by atoms with Gasteiger partial charge in [0.1, 0.15) is 11.5 Å². The third-order valence-corrected chi connectivity index (χ3v) is 6.17. The number of nitrogens with zero attached hydrogens (tertiary/aromatic N) is 2. The van der Waals surface area contributed by atoms with E-state index in [0.29, 0.717) is 29.4 Å². The zero-order chi connectivity index (χ0) is 22.0.